The van der Waals surface area contributed by atoms with Gasteiger partial charge in [-0.2, -0.15) is 8.42 Å². The standard InChI is InChI=1S/C30H21N3O8S/c31-21-11-13-23-20(15-21)16-26(42(37,38)39)27(28(23)34)33-32-24-14-12-22(40-29(35)18-7-3-1-4-8-18)17-25(24)41-30(36)19-9-5-2-6-10-19/h1-17,34H,31H2,(H,37,38,39). The molecule has 0 bridgehead atoms. The normalized spacial score (nSPS) is 11.5. The van der Waals surface area contributed by atoms with Crippen molar-refractivity contribution in [3.8, 4) is 17.2 Å². The van der Waals surface area contributed by atoms with E-state index in [0.717, 1.165) is 6.07 Å². The smallest absolute Gasteiger partial charge is 0.343 e. The van der Waals surface area contributed by atoms with Gasteiger partial charge in [-0.3, -0.25) is 4.55 Å². The quantitative estimate of drug-likeness (QED) is 0.0658. The molecule has 0 radical (unpaired) electrons. The number of phenols is 1. The van der Waals surface area contributed by atoms with Gasteiger partial charge in [0.2, 0.25) is 0 Å². The third kappa shape index (κ3) is 6.09. The molecule has 0 aromatic heterocycles. The highest BCUT2D eigenvalue weighted by Gasteiger charge is 2.23. The first kappa shape index (κ1) is 28.0. The molecule has 5 aromatic carbocycles. The van der Waals surface area contributed by atoms with Crippen LogP contribution in [-0.4, -0.2) is 30.0 Å². The number of rotatable bonds is 7. The van der Waals surface area contributed by atoms with E-state index in [4.69, 9.17) is 15.2 Å². The summed E-state index contributed by atoms with van der Waals surface area (Å²) in [5.41, 5.74) is 5.93. The molecule has 42 heavy (non-hydrogen) atoms. The van der Waals surface area contributed by atoms with Gasteiger partial charge < -0.3 is 20.3 Å². The largest absolute Gasteiger partial charge is 0.505 e. The lowest BCUT2D eigenvalue weighted by molar-refractivity contribution is 0.0733. The van der Waals surface area contributed by atoms with Crippen molar-refractivity contribution >= 4 is 49.9 Å². The number of hydrogen-bond acceptors (Lipinski definition) is 10. The summed E-state index contributed by atoms with van der Waals surface area (Å²) in [7, 11) is -4.87. The van der Waals surface area contributed by atoms with Crippen LogP contribution in [0.15, 0.2) is 118 Å². The predicted molar refractivity (Wildman–Crippen MR) is 153 cm³/mol. The summed E-state index contributed by atoms with van der Waals surface area (Å²) >= 11 is 0. The van der Waals surface area contributed by atoms with Crippen molar-refractivity contribution in [2.24, 2.45) is 10.2 Å². The Labute approximate surface area is 239 Å². The molecular weight excluding hydrogens is 562 g/mol. The fourth-order valence-corrected chi connectivity index (χ4v) is 4.62. The first-order chi connectivity index (χ1) is 20.1. The van der Waals surface area contributed by atoms with Crippen molar-refractivity contribution in [2.45, 2.75) is 4.90 Å². The molecule has 4 N–H and O–H groups in total. The molecule has 0 amide bonds. The maximum Gasteiger partial charge on any atom is 0.343 e. The van der Waals surface area contributed by atoms with Gasteiger partial charge in [0.25, 0.3) is 10.1 Å². The van der Waals surface area contributed by atoms with Crippen LogP contribution in [0.25, 0.3) is 10.8 Å². The zero-order valence-electron chi connectivity index (χ0n) is 21.5. The summed E-state index contributed by atoms with van der Waals surface area (Å²) in [4.78, 5) is 24.7. The van der Waals surface area contributed by atoms with Gasteiger partial charge in [-0.1, -0.05) is 36.4 Å². The van der Waals surface area contributed by atoms with E-state index in [1.807, 2.05) is 0 Å². The van der Waals surface area contributed by atoms with Crippen LogP contribution in [0.3, 0.4) is 0 Å². The van der Waals surface area contributed by atoms with E-state index in [1.54, 1.807) is 48.5 Å². The monoisotopic (exact) mass is 583 g/mol. The number of benzene rings is 5. The van der Waals surface area contributed by atoms with E-state index in [9.17, 15) is 27.7 Å². The molecule has 0 aliphatic carbocycles. The second-order valence-electron chi connectivity index (χ2n) is 8.87. The van der Waals surface area contributed by atoms with Crippen LogP contribution in [-0.2, 0) is 10.1 Å². The van der Waals surface area contributed by atoms with Crippen molar-refractivity contribution in [1.82, 2.24) is 0 Å². The summed E-state index contributed by atoms with van der Waals surface area (Å²) in [6, 6.07) is 25.7. The van der Waals surface area contributed by atoms with Gasteiger partial charge in [0.15, 0.2) is 11.5 Å². The van der Waals surface area contributed by atoms with E-state index < -0.39 is 38.4 Å². The number of anilines is 1. The number of nitrogen functional groups attached to an aromatic ring is 1. The zero-order chi connectivity index (χ0) is 29.9. The van der Waals surface area contributed by atoms with Gasteiger partial charge in [-0.15, -0.1) is 10.2 Å². The average Bonchev–Trinajstić information content (AvgIpc) is 2.97. The molecule has 0 aliphatic rings. The lowest BCUT2D eigenvalue weighted by Crippen LogP contribution is -2.10. The maximum absolute atomic E-state index is 12.8. The van der Waals surface area contributed by atoms with Gasteiger partial charge in [-0.25, -0.2) is 9.59 Å². The van der Waals surface area contributed by atoms with Crippen LogP contribution < -0.4 is 15.2 Å². The van der Waals surface area contributed by atoms with Gasteiger partial charge in [0, 0.05) is 17.1 Å². The third-order valence-corrected chi connectivity index (χ3v) is 6.84. The van der Waals surface area contributed by atoms with Crippen molar-refractivity contribution < 1.29 is 37.1 Å². The van der Waals surface area contributed by atoms with E-state index in [2.05, 4.69) is 10.2 Å². The van der Waals surface area contributed by atoms with Crippen LogP contribution in [0, 0.1) is 0 Å². The second-order valence-corrected chi connectivity index (χ2v) is 10.3. The highest BCUT2D eigenvalue weighted by atomic mass is 32.2. The van der Waals surface area contributed by atoms with Crippen LogP contribution in [0.2, 0.25) is 0 Å². The first-order valence-electron chi connectivity index (χ1n) is 12.2. The van der Waals surface area contributed by atoms with Crippen LogP contribution in [0.4, 0.5) is 17.1 Å². The van der Waals surface area contributed by atoms with Crippen molar-refractivity contribution in [3.05, 3.63) is 114 Å². The summed E-state index contributed by atoms with van der Waals surface area (Å²) in [5.74, 6) is -2.18. The number of azo groups is 1. The molecule has 0 spiro atoms. The lowest BCUT2D eigenvalue weighted by Gasteiger charge is -2.11. The summed E-state index contributed by atoms with van der Waals surface area (Å²) < 4.78 is 45.1. The summed E-state index contributed by atoms with van der Waals surface area (Å²) in [6.45, 7) is 0. The molecule has 12 heteroatoms. The number of fused-ring (bicyclic) bond motifs is 1. The number of esters is 2. The average molecular weight is 584 g/mol. The topological polar surface area (TPSA) is 178 Å². The molecule has 0 aliphatic heterocycles. The van der Waals surface area contributed by atoms with Gasteiger partial charge in [0.1, 0.15) is 22.0 Å². The van der Waals surface area contributed by atoms with Gasteiger partial charge in [-0.05, 0) is 66.0 Å². The van der Waals surface area contributed by atoms with Gasteiger partial charge >= 0.3 is 11.9 Å². The minimum Gasteiger partial charge on any atom is -0.505 e. The number of hydrogen-bond donors (Lipinski definition) is 3. The lowest BCUT2D eigenvalue weighted by atomic mass is 10.1. The number of phenolic OH excluding ortho intramolecular Hbond substituents is 1. The molecule has 5 aromatic rings. The fraction of sp³-hybridized carbons (Fsp3) is 0. The Morgan fingerprint density at radius 1 is 0.738 bits per heavy atom. The Morgan fingerprint density at radius 3 is 1.98 bits per heavy atom. The SMILES string of the molecule is Nc1ccc2c(O)c(N=Nc3ccc(OC(=O)c4ccccc4)cc3OC(=O)c3ccccc3)c(S(=O)(=O)O)cc2c1. The summed E-state index contributed by atoms with van der Waals surface area (Å²) in [5, 5.41) is 19.2. The minimum atomic E-state index is -4.87. The van der Waals surface area contributed by atoms with E-state index in [-0.39, 0.29) is 39.1 Å². The predicted octanol–water partition coefficient (Wildman–Crippen LogP) is 6.23. The Balaban J connectivity index is 1.57. The molecule has 0 atom stereocenters. The number of ether oxygens (including phenoxy) is 2. The molecule has 210 valence electrons. The highest BCUT2D eigenvalue weighted by Crippen LogP contribution is 2.43. The fourth-order valence-electron chi connectivity index (χ4n) is 3.96. The van der Waals surface area contributed by atoms with Crippen LogP contribution >= 0.6 is 0 Å². The van der Waals surface area contributed by atoms with Crippen LogP contribution in [0.5, 0.6) is 17.2 Å². The van der Waals surface area contributed by atoms with E-state index >= 15 is 0 Å². The van der Waals surface area contributed by atoms with Crippen LogP contribution in [0.1, 0.15) is 20.7 Å². The molecule has 0 unspecified atom stereocenters. The number of nitrogens with two attached hydrogens (primary N) is 1. The Kier molecular flexibility index (Phi) is 7.65. The second kappa shape index (κ2) is 11.5. The van der Waals surface area contributed by atoms with Crippen molar-refractivity contribution in [1.29, 1.82) is 0 Å². The number of nitrogens with zero attached hydrogens (tertiary/aromatic N) is 2. The van der Waals surface area contributed by atoms with Gasteiger partial charge in [0.05, 0.1) is 11.1 Å². The Hall–Kier alpha value is -5.59. The number of carbonyl (C=O) groups is 2. The first-order valence-corrected chi connectivity index (χ1v) is 13.7. The van der Waals surface area contributed by atoms with Crippen molar-refractivity contribution in [3.63, 3.8) is 0 Å². The molecule has 5 rings (SSSR count). The zero-order valence-corrected chi connectivity index (χ0v) is 22.4. The highest BCUT2D eigenvalue weighted by molar-refractivity contribution is 7.86. The number of carbonyl (C=O) groups excluding carboxylic acids is 2. The third-order valence-electron chi connectivity index (χ3n) is 5.97. The molecule has 0 heterocycles. The molecule has 0 fully saturated rings. The van der Waals surface area contributed by atoms with Crippen molar-refractivity contribution in [2.75, 3.05) is 5.73 Å². The molecule has 0 saturated carbocycles. The maximum atomic E-state index is 12.8. The Bertz CT molecular complexity index is 1960. The minimum absolute atomic E-state index is 0.0171. The molecule has 0 saturated heterocycles. The molecule has 11 nitrogen and oxygen atoms in total. The van der Waals surface area contributed by atoms with E-state index in [0.29, 0.717) is 5.69 Å². The Morgan fingerprint density at radius 2 is 1.36 bits per heavy atom. The number of aromatic hydroxyl groups is 1. The van der Waals surface area contributed by atoms with E-state index in [1.165, 1.54) is 48.5 Å². The molecular formula is C30H21N3O8S. The summed E-state index contributed by atoms with van der Waals surface area (Å²) in [6.07, 6.45) is 0.